The first kappa shape index (κ1) is 29.8. The number of carbonyl (C=O) groups is 1. The predicted octanol–water partition coefficient (Wildman–Crippen LogP) is 4.31. The van der Waals surface area contributed by atoms with Crippen molar-refractivity contribution in [2.24, 2.45) is 0 Å². The van der Waals surface area contributed by atoms with Gasteiger partial charge in [-0.15, -0.1) is 0 Å². The molecule has 0 unspecified atom stereocenters. The minimum Gasteiger partial charge on any atom is -0.744 e. The van der Waals surface area contributed by atoms with E-state index in [1.165, 1.54) is 18.2 Å². The average molecular weight is 554 g/mol. The van der Waals surface area contributed by atoms with Gasteiger partial charge in [-0.2, -0.15) is 18.4 Å². The quantitative estimate of drug-likeness (QED) is 0.453. The molecule has 3 rings (SSSR count). The van der Waals surface area contributed by atoms with E-state index in [1.54, 1.807) is 43.3 Å². The van der Waals surface area contributed by atoms with Gasteiger partial charge in [-0.05, 0) is 55.0 Å². The summed E-state index contributed by atoms with van der Waals surface area (Å²) in [6.45, 7) is 3.40. The molecule has 196 valence electrons. The van der Waals surface area contributed by atoms with Crippen LogP contribution in [0.2, 0.25) is 5.02 Å². The van der Waals surface area contributed by atoms with E-state index in [0.717, 1.165) is 23.3 Å². The van der Waals surface area contributed by atoms with Crippen LogP contribution in [-0.4, -0.2) is 24.4 Å². The molecule has 7 nitrogen and oxygen atoms in total. The molecule has 0 aliphatic heterocycles. The molecule has 0 fully saturated rings. The van der Waals surface area contributed by atoms with Gasteiger partial charge in [0.2, 0.25) is 0 Å². The number of benzene rings is 3. The zero-order valence-electron chi connectivity index (χ0n) is 19.8. The van der Waals surface area contributed by atoms with Crippen LogP contribution in [0.25, 0.3) is 0 Å². The van der Waals surface area contributed by atoms with Crippen molar-refractivity contribution in [1.29, 1.82) is 5.26 Å². The molecule has 0 spiro atoms. The number of hydrogen-bond donors (Lipinski definition) is 2. The van der Waals surface area contributed by atoms with Crippen LogP contribution in [0.1, 0.15) is 29.2 Å². The first-order chi connectivity index (χ1) is 17.0. The predicted molar refractivity (Wildman–Crippen MR) is 130 cm³/mol. The molecule has 3 aromatic carbocycles. The Balaban J connectivity index is 0.000000364. The van der Waals surface area contributed by atoms with Gasteiger partial charge in [-0.3, -0.25) is 4.79 Å². The molecular weight excluding hydrogens is 531 g/mol. The number of aryl methyl sites for hydroxylation is 1. The van der Waals surface area contributed by atoms with Crippen molar-refractivity contribution in [3.63, 3.8) is 0 Å². The fourth-order valence-electron chi connectivity index (χ4n) is 3.04. The second kappa shape index (κ2) is 11.7. The summed E-state index contributed by atoms with van der Waals surface area (Å²) < 4.78 is 69.8. The van der Waals surface area contributed by atoms with E-state index in [2.05, 4.69) is 11.1 Å². The Bertz CT molecular complexity index is 1400. The van der Waals surface area contributed by atoms with Gasteiger partial charge < -0.3 is 15.6 Å². The number of anilines is 1. The summed E-state index contributed by atoms with van der Waals surface area (Å²) in [5, 5.41) is 11.1. The summed E-state index contributed by atoms with van der Waals surface area (Å²) in [4.78, 5) is 12.3. The van der Waals surface area contributed by atoms with Gasteiger partial charge in [0.25, 0.3) is 5.91 Å². The molecule has 0 aliphatic carbocycles. The van der Waals surface area contributed by atoms with Gasteiger partial charge in [0.05, 0.1) is 22.1 Å². The van der Waals surface area contributed by atoms with Crippen LogP contribution in [0, 0.1) is 18.3 Å². The number of halogens is 4. The van der Waals surface area contributed by atoms with E-state index in [9.17, 15) is 30.9 Å². The third-order valence-corrected chi connectivity index (χ3v) is 6.09. The number of alkyl halides is 3. The van der Waals surface area contributed by atoms with Crippen LogP contribution < -0.4 is 11.1 Å². The van der Waals surface area contributed by atoms with Gasteiger partial charge in [0.15, 0.2) is 5.54 Å². The standard InChI is InChI=1S/C18H15ClF3N3O.C7H8O3S/c1-17(24,9-11-2-4-12(10-23)5-3-11)16(26)25-15-7-13(18(20,21)22)6-14(19)8-15;1-6-2-4-7(5-3-6)11(8,9)10/h2-8H,9,24H2,1H3,(H,25,26);2-5H,1H3,(H,8,9,10)/t17-;/m1./s1. The van der Waals surface area contributed by atoms with E-state index in [4.69, 9.17) is 16.9 Å². The Morgan fingerprint density at radius 1 is 1.08 bits per heavy atom. The Morgan fingerprint density at radius 2 is 1.65 bits per heavy atom. The second-order valence-corrected chi connectivity index (χ2v) is 10.3. The summed E-state index contributed by atoms with van der Waals surface area (Å²) in [5.74, 6) is -0.544. The zero-order chi connectivity index (χ0) is 28.0. The van der Waals surface area contributed by atoms with E-state index >= 15 is 0 Å². The number of nitrogens with zero attached hydrogens (tertiary/aromatic N) is 1. The molecule has 0 aliphatic rings. The Morgan fingerprint density at radius 3 is 2.14 bits per heavy atom. The Labute approximate surface area is 217 Å². The van der Waals surface area contributed by atoms with Crippen molar-refractivity contribution in [2.45, 2.75) is 36.9 Å². The summed E-state index contributed by atoms with van der Waals surface area (Å²) in [5.41, 5.74) is 3.93. The lowest BCUT2D eigenvalue weighted by molar-refractivity contribution is -0.450. The largest absolute Gasteiger partial charge is 0.744 e. The summed E-state index contributed by atoms with van der Waals surface area (Å²) >= 11 is 5.72. The molecule has 37 heavy (non-hydrogen) atoms. The van der Waals surface area contributed by atoms with Gasteiger partial charge >= 0.3 is 6.18 Å². The van der Waals surface area contributed by atoms with Crippen LogP contribution in [0.3, 0.4) is 0 Å². The maximum absolute atomic E-state index is 12.9. The molecule has 1 atom stereocenters. The normalized spacial score (nSPS) is 12.9. The topological polar surface area (TPSA) is 138 Å². The maximum Gasteiger partial charge on any atom is 0.416 e. The third kappa shape index (κ3) is 9.18. The van der Waals surface area contributed by atoms with Crippen molar-refractivity contribution in [3.8, 4) is 6.07 Å². The van der Waals surface area contributed by atoms with Crippen molar-refractivity contribution in [1.82, 2.24) is 0 Å². The Kier molecular flexibility index (Phi) is 9.46. The number of carbonyl (C=O) groups excluding carboxylic acids is 1. The number of nitrogens with one attached hydrogen (secondary N) is 1. The minimum atomic E-state index is -4.57. The fraction of sp³-hybridized carbons (Fsp3) is 0.200. The maximum atomic E-state index is 12.9. The number of hydrogen-bond acceptors (Lipinski definition) is 5. The van der Waals surface area contributed by atoms with Crippen LogP contribution in [-0.2, 0) is 27.5 Å². The highest BCUT2D eigenvalue weighted by Crippen LogP contribution is 2.33. The van der Waals surface area contributed by atoms with E-state index in [-0.39, 0.29) is 22.0 Å². The number of rotatable bonds is 5. The highest BCUT2D eigenvalue weighted by atomic mass is 35.5. The molecule has 12 heteroatoms. The lowest BCUT2D eigenvalue weighted by Crippen LogP contribution is -2.77. The SMILES string of the molecule is C[C@@]([NH3+])(Cc1ccc(C#N)cc1)C(=O)Nc1cc(Cl)cc(C(F)(F)F)c1.Cc1ccc(S(=O)(=O)[O-])cc1. The third-order valence-electron chi connectivity index (χ3n) is 5.02. The highest BCUT2D eigenvalue weighted by molar-refractivity contribution is 7.85. The lowest BCUT2D eigenvalue weighted by Gasteiger charge is -2.21. The molecule has 4 N–H and O–H groups in total. The molecular formula is C25H23ClF3N3O4S. The van der Waals surface area contributed by atoms with Crippen molar-refractivity contribution in [2.75, 3.05) is 5.32 Å². The van der Waals surface area contributed by atoms with Crippen molar-refractivity contribution < 1.29 is 36.7 Å². The minimum absolute atomic E-state index is 0.0514. The van der Waals surface area contributed by atoms with E-state index < -0.39 is 33.3 Å². The first-order valence-electron chi connectivity index (χ1n) is 10.6. The molecule has 0 saturated carbocycles. The number of quaternary nitrogens is 1. The van der Waals surface area contributed by atoms with Crippen LogP contribution in [0.5, 0.6) is 0 Å². The summed E-state index contributed by atoms with van der Waals surface area (Å²) in [6.07, 6.45) is -4.32. The van der Waals surface area contributed by atoms with Gasteiger partial charge in [0.1, 0.15) is 10.1 Å². The lowest BCUT2D eigenvalue weighted by atomic mass is 9.92. The van der Waals surface area contributed by atoms with Crippen LogP contribution in [0.15, 0.2) is 71.6 Å². The summed E-state index contributed by atoms with van der Waals surface area (Å²) in [6, 6.07) is 17.3. The Hall–Kier alpha value is -3.43. The fourth-order valence-corrected chi connectivity index (χ4v) is 3.74. The van der Waals surface area contributed by atoms with Crippen LogP contribution >= 0.6 is 11.6 Å². The molecule has 0 radical (unpaired) electrons. The van der Waals surface area contributed by atoms with E-state index in [0.29, 0.717) is 5.56 Å². The average Bonchev–Trinajstić information content (AvgIpc) is 2.78. The summed E-state index contributed by atoms with van der Waals surface area (Å²) in [7, 11) is -4.27. The van der Waals surface area contributed by atoms with Gasteiger partial charge in [-0.25, -0.2) is 8.42 Å². The van der Waals surface area contributed by atoms with Crippen molar-refractivity contribution in [3.05, 3.63) is 94.0 Å². The smallest absolute Gasteiger partial charge is 0.416 e. The number of nitriles is 1. The monoisotopic (exact) mass is 553 g/mol. The zero-order valence-corrected chi connectivity index (χ0v) is 21.3. The van der Waals surface area contributed by atoms with E-state index in [1.807, 2.05) is 13.0 Å². The molecule has 0 saturated heterocycles. The molecule has 0 bridgehead atoms. The van der Waals surface area contributed by atoms with Crippen molar-refractivity contribution >= 4 is 33.3 Å². The van der Waals surface area contributed by atoms with Crippen LogP contribution in [0.4, 0.5) is 18.9 Å². The number of amides is 1. The first-order valence-corrected chi connectivity index (χ1v) is 12.4. The highest BCUT2D eigenvalue weighted by Gasteiger charge is 2.35. The van der Waals surface area contributed by atoms with Gasteiger partial charge in [-0.1, -0.05) is 41.4 Å². The second-order valence-electron chi connectivity index (χ2n) is 8.49. The van der Waals surface area contributed by atoms with Gasteiger partial charge in [0, 0.05) is 24.1 Å². The molecule has 3 aromatic rings. The molecule has 0 aromatic heterocycles. The molecule has 1 amide bonds. The molecule has 0 heterocycles.